The maximum Gasteiger partial charge on any atom is 0.236 e. The van der Waals surface area contributed by atoms with Crippen LogP contribution in [0.3, 0.4) is 0 Å². The van der Waals surface area contributed by atoms with E-state index >= 15 is 0 Å². The standard InChI is InChI=1S/C9H14N2O3/c1-6(2)9(14)7(12)3-4-11-5-8(10)13/h3-4,11,14H,5H2,1-2H3,(H2,10,13). The van der Waals surface area contributed by atoms with Crippen molar-refractivity contribution in [3.05, 3.63) is 23.6 Å². The van der Waals surface area contributed by atoms with Crippen molar-refractivity contribution in [2.75, 3.05) is 6.54 Å². The van der Waals surface area contributed by atoms with Gasteiger partial charge < -0.3 is 16.2 Å². The van der Waals surface area contributed by atoms with E-state index in [0.717, 1.165) is 6.08 Å². The Balaban J connectivity index is 4.08. The molecule has 0 aromatic rings. The van der Waals surface area contributed by atoms with Gasteiger partial charge in [0.25, 0.3) is 0 Å². The first-order chi connectivity index (χ1) is 6.45. The Hall–Kier alpha value is -1.78. The number of carbonyl (C=O) groups is 2. The van der Waals surface area contributed by atoms with Crippen LogP contribution in [0.25, 0.3) is 0 Å². The van der Waals surface area contributed by atoms with Crippen LogP contribution in [0.4, 0.5) is 0 Å². The first-order valence-corrected chi connectivity index (χ1v) is 4.04. The molecule has 0 unspecified atom stereocenters. The molecule has 14 heavy (non-hydrogen) atoms. The van der Waals surface area contributed by atoms with Gasteiger partial charge in [-0.2, -0.15) is 0 Å². The lowest BCUT2D eigenvalue weighted by Gasteiger charge is -1.97. The third-order valence-corrected chi connectivity index (χ3v) is 1.34. The summed E-state index contributed by atoms with van der Waals surface area (Å²) < 4.78 is 0. The monoisotopic (exact) mass is 198 g/mol. The molecule has 0 spiro atoms. The molecule has 0 aliphatic rings. The van der Waals surface area contributed by atoms with Crippen LogP contribution in [-0.4, -0.2) is 23.3 Å². The van der Waals surface area contributed by atoms with Crippen molar-refractivity contribution in [2.45, 2.75) is 13.8 Å². The molecule has 0 aliphatic heterocycles. The van der Waals surface area contributed by atoms with Gasteiger partial charge >= 0.3 is 0 Å². The van der Waals surface area contributed by atoms with Gasteiger partial charge in [0.1, 0.15) is 0 Å². The highest BCUT2D eigenvalue weighted by Crippen LogP contribution is 2.00. The van der Waals surface area contributed by atoms with Crippen molar-refractivity contribution in [1.29, 1.82) is 0 Å². The number of nitrogens with two attached hydrogens (primary N) is 1. The normalized spacial score (nSPS) is 9.86. The molecule has 5 heteroatoms. The molecule has 0 aliphatic carbocycles. The van der Waals surface area contributed by atoms with Gasteiger partial charge in [0.05, 0.1) is 6.54 Å². The van der Waals surface area contributed by atoms with Gasteiger partial charge in [0.2, 0.25) is 11.7 Å². The summed E-state index contributed by atoms with van der Waals surface area (Å²) >= 11 is 0. The Morgan fingerprint density at radius 1 is 1.43 bits per heavy atom. The van der Waals surface area contributed by atoms with Gasteiger partial charge in [-0.3, -0.25) is 9.59 Å². The molecule has 0 atom stereocenters. The summed E-state index contributed by atoms with van der Waals surface area (Å²) in [7, 11) is 0. The summed E-state index contributed by atoms with van der Waals surface area (Å²) in [4.78, 5) is 21.3. The second-order valence-electron chi connectivity index (χ2n) is 2.89. The number of ketones is 1. The molecule has 0 radical (unpaired) electrons. The highest BCUT2D eigenvalue weighted by molar-refractivity contribution is 6.02. The molecule has 78 valence electrons. The SMILES string of the molecule is CC(C)=C(O)C(=O)C=CNCC(N)=O. The molecule has 0 saturated heterocycles. The second kappa shape index (κ2) is 5.80. The number of hydrogen-bond acceptors (Lipinski definition) is 4. The number of aliphatic hydroxyl groups is 1. The number of allylic oxidation sites excluding steroid dienone is 2. The quantitative estimate of drug-likeness (QED) is 0.428. The fourth-order valence-corrected chi connectivity index (χ4v) is 0.619. The van der Waals surface area contributed by atoms with E-state index < -0.39 is 11.7 Å². The van der Waals surface area contributed by atoms with Gasteiger partial charge in [-0.1, -0.05) is 0 Å². The Morgan fingerprint density at radius 2 is 2.00 bits per heavy atom. The zero-order chi connectivity index (χ0) is 11.1. The zero-order valence-corrected chi connectivity index (χ0v) is 8.20. The number of amides is 1. The summed E-state index contributed by atoms with van der Waals surface area (Å²) in [5.41, 5.74) is 5.38. The van der Waals surface area contributed by atoms with Crippen molar-refractivity contribution in [3.63, 3.8) is 0 Å². The first kappa shape index (κ1) is 12.2. The number of primary amides is 1. The lowest BCUT2D eigenvalue weighted by atomic mass is 10.2. The minimum atomic E-state index is -0.520. The van der Waals surface area contributed by atoms with Crippen LogP contribution in [0.15, 0.2) is 23.6 Å². The van der Waals surface area contributed by atoms with E-state index in [1.807, 2.05) is 0 Å². The van der Waals surface area contributed by atoms with E-state index in [1.165, 1.54) is 6.20 Å². The van der Waals surface area contributed by atoms with Gasteiger partial charge in [-0.05, 0) is 19.4 Å². The fourth-order valence-electron chi connectivity index (χ4n) is 0.619. The van der Waals surface area contributed by atoms with E-state index in [2.05, 4.69) is 5.32 Å². The molecule has 0 fully saturated rings. The highest BCUT2D eigenvalue weighted by Gasteiger charge is 2.03. The molecular formula is C9H14N2O3. The summed E-state index contributed by atoms with van der Waals surface area (Å²) in [6.07, 6.45) is 2.40. The summed E-state index contributed by atoms with van der Waals surface area (Å²) in [6.45, 7) is 3.20. The number of carbonyl (C=O) groups excluding carboxylic acids is 2. The minimum Gasteiger partial charge on any atom is -0.504 e. The summed E-state index contributed by atoms with van der Waals surface area (Å²) in [6, 6.07) is 0. The molecule has 0 aromatic heterocycles. The molecule has 0 saturated carbocycles. The van der Waals surface area contributed by atoms with Crippen molar-refractivity contribution in [3.8, 4) is 0 Å². The van der Waals surface area contributed by atoms with Crippen LogP contribution >= 0.6 is 0 Å². The molecule has 0 bridgehead atoms. The third kappa shape index (κ3) is 4.97. The lowest BCUT2D eigenvalue weighted by molar-refractivity contribution is -0.117. The number of hydrogen-bond donors (Lipinski definition) is 3. The van der Waals surface area contributed by atoms with Gasteiger partial charge in [-0.25, -0.2) is 0 Å². The third-order valence-electron chi connectivity index (χ3n) is 1.34. The molecule has 0 heterocycles. The first-order valence-electron chi connectivity index (χ1n) is 4.04. The Morgan fingerprint density at radius 3 is 2.43 bits per heavy atom. The molecule has 1 amide bonds. The van der Waals surface area contributed by atoms with Crippen LogP contribution in [-0.2, 0) is 9.59 Å². The number of rotatable bonds is 5. The van der Waals surface area contributed by atoms with Crippen molar-refractivity contribution < 1.29 is 14.7 Å². The van der Waals surface area contributed by atoms with E-state index in [1.54, 1.807) is 13.8 Å². The predicted octanol–water partition coefficient (Wildman–Crippen LogP) is -0.00400. The van der Waals surface area contributed by atoms with Crippen LogP contribution < -0.4 is 11.1 Å². The van der Waals surface area contributed by atoms with Crippen LogP contribution in [0.1, 0.15) is 13.8 Å². The van der Waals surface area contributed by atoms with Crippen LogP contribution in [0.2, 0.25) is 0 Å². The zero-order valence-electron chi connectivity index (χ0n) is 8.20. The summed E-state index contributed by atoms with van der Waals surface area (Å²) in [5.74, 6) is -1.32. The fraction of sp³-hybridized carbons (Fsp3) is 0.333. The maximum absolute atomic E-state index is 11.1. The minimum absolute atomic E-state index is 0.0423. The van der Waals surface area contributed by atoms with Crippen molar-refractivity contribution in [1.82, 2.24) is 5.32 Å². The Kier molecular flexibility index (Phi) is 5.06. The highest BCUT2D eigenvalue weighted by atomic mass is 16.3. The van der Waals surface area contributed by atoms with Gasteiger partial charge in [0.15, 0.2) is 5.76 Å². The largest absolute Gasteiger partial charge is 0.504 e. The molecular weight excluding hydrogens is 184 g/mol. The van der Waals surface area contributed by atoms with Crippen molar-refractivity contribution >= 4 is 11.7 Å². The van der Waals surface area contributed by atoms with E-state index in [0.29, 0.717) is 5.57 Å². The molecule has 0 aromatic carbocycles. The Labute approximate surface area is 82.3 Å². The topological polar surface area (TPSA) is 92.4 Å². The van der Waals surface area contributed by atoms with E-state index in [-0.39, 0.29) is 12.3 Å². The van der Waals surface area contributed by atoms with E-state index in [4.69, 9.17) is 10.8 Å². The second-order valence-corrected chi connectivity index (χ2v) is 2.89. The molecule has 4 N–H and O–H groups in total. The average Bonchev–Trinajstić information content (AvgIpc) is 2.10. The van der Waals surface area contributed by atoms with Gasteiger partial charge in [0, 0.05) is 12.3 Å². The van der Waals surface area contributed by atoms with Gasteiger partial charge in [-0.15, -0.1) is 0 Å². The maximum atomic E-state index is 11.1. The molecule has 5 nitrogen and oxygen atoms in total. The van der Waals surface area contributed by atoms with E-state index in [9.17, 15) is 9.59 Å². The van der Waals surface area contributed by atoms with Crippen LogP contribution in [0.5, 0.6) is 0 Å². The number of nitrogens with one attached hydrogen (secondary N) is 1. The Bertz CT molecular complexity index is 288. The molecule has 0 rings (SSSR count). The number of aliphatic hydroxyl groups excluding tert-OH is 1. The lowest BCUT2D eigenvalue weighted by Crippen LogP contribution is -2.25. The predicted molar refractivity (Wildman–Crippen MR) is 52.3 cm³/mol. The summed E-state index contributed by atoms with van der Waals surface area (Å²) in [5, 5.41) is 11.7. The smallest absolute Gasteiger partial charge is 0.236 e. The average molecular weight is 198 g/mol. The van der Waals surface area contributed by atoms with Crippen LogP contribution in [0, 0.1) is 0 Å². The van der Waals surface area contributed by atoms with Crippen molar-refractivity contribution in [2.24, 2.45) is 5.73 Å².